The molecule has 0 unspecified atom stereocenters. The number of hydrogen-bond donors (Lipinski definition) is 0. The van der Waals surface area contributed by atoms with Crippen molar-refractivity contribution in [2.75, 3.05) is 0 Å². The van der Waals surface area contributed by atoms with E-state index in [1.165, 1.54) is 0 Å². The minimum Gasteiger partial charge on any atom is -0.298 e. The molecule has 0 N–H and O–H groups in total. The summed E-state index contributed by atoms with van der Waals surface area (Å²) >= 11 is 0. The Kier molecular flexibility index (Phi) is 3.90. The minimum atomic E-state index is -0.132. The van der Waals surface area contributed by atoms with E-state index in [0.717, 1.165) is 34.1 Å². The lowest BCUT2D eigenvalue weighted by molar-refractivity contribution is 0.103. The predicted molar refractivity (Wildman–Crippen MR) is 102 cm³/mol. The van der Waals surface area contributed by atoms with E-state index in [4.69, 9.17) is 0 Å². The number of aldehydes is 2. The van der Waals surface area contributed by atoms with Crippen molar-refractivity contribution in [3.8, 4) is 0 Å². The van der Waals surface area contributed by atoms with Gasteiger partial charge >= 0.3 is 0 Å². The lowest BCUT2D eigenvalue weighted by atomic mass is 9.91. The van der Waals surface area contributed by atoms with E-state index in [1.54, 1.807) is 24.3 Å². The summed E-state index contributed by atoms with van der Waals surface area (Å²) in [5.74, 6) is -0.132. The molecular formula is C23H14O3. The first kappa shape index (κ1) is 15.9. The molecule has 0 spiro atoms. The SMILES string of the molecule is O=Cc1ccc(C(=O)c2ccc(C=O)c3ccccc23)c2ccccc12. The Balaban J connectivity index is 1.98. The molecule has 0 amide bonds. The van der Waals surface area contributed by atoms with E-state index in [2.05, 4.69) is 0 Å². The average Bonchev–Trinajstić information content (AvgIpc) is 2.71. The summed E-state index contributed by atoms with van der Waals surface area (Å²) < 4.78 is 0. The van der Waals surface area contributed by atoms with E-state index in [9.17, 15) is 14.4 Å². The third kappa shape index (κ3) is 2.42. The molecule has 4 rings (SSSR count). The van der Waals surface area contributed by atoms with E-state index in [-0.39, 0.29) is 5.78 Å². The molecule has 0 bridgehead atoms. The number of ketones is 1. The second-order valence-electron chi connectivity index (χ2n) is 6.06. The monoisotopic (exact) mass is 338 g/mol. The molecular weight excluding hydrogens is 324 g/mol. The third-order valence-corrected chi connectivity index (χ3v) is 4.66. The van der Waals surface area contributed by atoms with Crippen LogP contribution in [0.15, 0.2) is 72.8 Å². The smallest absolute Gasteiger partial charge is 0.194 e. The largest absolute Gasteiger partial charge is 0.298 e. The first-order valence-corrected chi connectivity index (χ1v) is 8.23. The molecule has 124 valence electrons. The molecule has 0 aromatic heterocycles. The third-order valence-electron chi connectivity index (χ3n) is 4.66. The normalized spacial score (nSPS) is 10.8. The molecule has 4 aromatic carbocycles. The van der Waals surface area contributed by atoms with Gasteiger partial charge in [-0.2, -0.15) is 0 Å². The fourth-order valence-electron chi connectivity index (χ4n) is 3.39. The van der Waals surface area contributed by atoms with Crippen molar-refractivity contribution in [1.82, 2.24) is 0 Å². The van der Waals surface area contributed by atoms with E-state index in [0.29, 0.717) is 22.3 Å². The molecule has 3 heteroatoms. The molecule has 0 aliphatic heterocycles. The highest BCUT2D eigenvalue weighted by Gasteiger charge is 2.17. The van der Waals surface area contributed by atoms with E-state index in [1.807, 2.05) is 48.5 Å². The van der Waals surface area contributed by atoms with Gasteiger partial charge in [0.1, 0.15) is 0 Å². The lowest BCUT2D eigenvalue weighted by Crippen LogP contribution is -2.05. The first-order chi connectivity index (χ1) is 12.7. The zero-order chi connectivity index (χ0) is 18.1. The van der Waals surface area contributed by atoms with Crippen molar-refractivity contribution in [3.63, 3.8) is 0 Å². The quantitative estimate of drug-likeness (QED) is 0.395. The highest BCUT2D eigenvalue weighted by atomic mass is 16.1. The molecule has 0 atom stereocenters. The molecule has 0 saturated heterocycles. The van der Waals surface area contributed by atoms with E-state index >= 15 is 0 Å². The van der Waals surface area contributed by atoms with Crippen LogP contribution in [0.1, 0.15) is 36.6 Å². The van der Waals surface area contributed by atoms with Gasteiger partial charge in [0, 0.05) is 22.3 Å². The number of hydrogen-bond acceptors (Lipinski definition) is 3. The van der Waals surface area contributed by atoms with Gasteiger partial charge in [0.05, 0.1) is 0 Å². The van der Waals surface area contributed by atoms with Crippen molar-refractivity contribution in [1.29, 1.82) is 0 Å². The Morgan fingerprint density at radius 1 is 0.538 bits per heavy atom. The van der Waals surface area contributed by atoms with Gasteiger partial charge in [-0.15, -0.1) is 0 Å². The van der Waals surface area contributed by atoms with Gasteiger partial charge in [0.25, 0.3) is 0 Å². The summed E-state index contributed by atoms with van der Waals surface area (Å²) in [7, 11) is 0. The Hall–Kier alpha value is -3.59. The van der Waals surface area contributed by atoms with Gasteiger partial charge in [0.2, 0.25) is 0 Å². The summed E-state index contributed by atoms with van der Waals surface area (Å²) in [4.78, 5) is 35.9. The van der Waals surface area contributed by atoms with Crippen LogP contribution in [-0.2, 0) is 0 Å². The van der Waals surface area contributed by atoms with Crippen LogP contribution in [0.2, 0.25) is 0 Å². The fourth-order valence-corrected chi connectivity index (χ4v) is 3.39. The first-order valence-electron chi connectivity index (χ1n) is 8.23. The van der Waals surface area contributed by atoms with Gasteiger partial charge in [-0.3, -0.25) is 14.4 Å². The molecule has 0 aliphatic carbocycles. The van der Waals surface area contributed by atoms with Gasteiger partial charge < -0.3 is 0 Å². The van der Waals surface area contributed by atoms with Crippen LogP contribution in [0, 0.1) is 0 Å². The Morgan fingerprint density at radius 2 is 0.923 bits per heavy atom. The highest BCUT2D eigenvalue weighted by Crippen LogP contribution is 2.28. The predicted octanol–water partition coefficient (Wildman–Crippen LogP) is 4.85. The van der Waals surface area contributed by atoms with Crippen molar-refractivity contribution in [2.24, 2.45) is 0 Å². The van der Waals surface area contributed by atoms with Crippen LogP contribution in [0.4, 0.5) is 0 Å². The summed E-state index contributed by atoms with van der Waals surface area (Å²) in [5.41, 5.74) is 2.18. The number of carbonyl (C=O) groups excluding carboxylic acids is 3. The number of fused-ring (bicyclic) bond motifs is 2. The van der Waals surface area contributed by atoms with Gasteiger partial charge in [-0.25, -0.2) is 0 Å². The Morgan fingerprint density at radius 3 is 1.31 bits per heavy atom. The van der Waals surface area contributed by atoms with Crippen molar-refractivity contribution in [3.05, 3.63) is 95.1 Å². The highest BCUT2D eigenvalue weighted by molar-refractivity contribution is 6.23. The lowest BCUT2D eigenvalue weighted by Gasteiger charge is -2.11. The Bertz CT molecular complexity index is 1100. The fraction of sp³-hybridized carbons (Fsp3) is 0. The summed E-state index contributed by atoms with van der Waals surface area (Å²) in [6.45, 7) is 0. The number of rotatable bonds is 4. The van der Waals surface area contributed by atoms with Crippen LogP contribution in [-0.4, -0.2) is 18.4 Å². The van der Waals surface area contributed by atoms with Gasteiger partial charge in [0.15, 0.2) is 18.4 Å². The number of benzene rings is 4. The second-order valence-corrected chi connectivity index (χ2v) is 6.06. The minimum absolute atomic E-state index is 0.132. The molecule has 0 fully saturated rings. The molecule has 4 aromatic rings. The van der Waals surface area contributed by atoms with Crippen LogP contribution in [0.25, 0.3) is 21.5 Å². The summed E-state index contributed by atoms with van der Waals surface area (Å²) in [5, 5.41) is 2.99. The zero-order valence-corrected chi connectivity index (χ0v) is 13.8. The van der Waals surface area contributed by atoms with Crippen LogP contribution < -0.4 is 0 Å². The maximum Gasteiger partial charge on any atom is 0.194 e. The van der Waals surface area contributed by atoms with Crippen molar-refractivity contribution >= 4 is 39.9 Å². The maximum atomic E-state index is 13.3. The van der Waals surface area contributed by atoms with Crippen molar-refractivity contribution < 1.29 is 14.4 Å². The zero-order valence-electron chi connectivity index (χ0n) is 13.8. The number of carbonyl (C=O) groups is 3. The molecule has 0 saturated carbocycles. The van der Waals surface area contributed by atoms with Gasteiger partial charge in [-0.1, -0.05) is 60.7 Å². The van der Waals surface area contributed by atoms with Crippen LogP contribution >= 0.6 is 0 Å². The topological polar surface area (TPSA) is 51.2 Å². The molecule has 0 radical (unpaired) electrons. The van der Waals surface area contributed by atoms with Crippen LogP contribution in [0.3, 0.4) is 0 Å². The average molecular weight is 338 g/mol. The second kappa shape index (κ2) is 6.37. The standard InChI is InChI=1S/C23H14O3/c24-13-15-9-11-21(19-7-3-1-5-17(15)19)23(26)22-12-10-16(14-25)18-6-2-4-8-20(18)22/h1-14H. The summed E-state index contributed by atoms with van der Waals surface area (Å²) in [6.07, 6.45) is 1.59. The maximum absolute atomic E-state index is 13.3. The van der Waals surface area contributed by atoms with Crippen LogP contribution in [0.5, 0.6) is 0 Å². The molecule has 0 heterocycles. The van der Waals surface area contributed by atoms with Gasteiger partial charge in [-0.05, 0) is 33.7 Å². The molecule has 26 heavy (non-hydrogen) atoms. The van der Waals surface area contributed by atoms with E-state index < -0.39 is 0 Å². The molecule has 0 aliphatic rings. The van der Waals surface area contributed by atoms with Crippen molar-refractivity contribution in [2.45, 2.75) is 0 Å². The summed E-state index contributed by atoms with van der Waals surface area (Å²) in [6, 6.07) is 21.5. The Labute approximate surface area is 149 Å². The molecule has 3 nitrogen and oxygen atoms in total.